The molecule has 1 rings (SSSR count). The standard InChI is InChI=1S/C17H19F3O3/c1-4-13(5-2)23-16(22)14(11(3)21)10-12-8-6-7-9-15(12)17(18,19)20/h6-10,13H,4-5H2,1-3H3. The highest BCUT2D eigenvalue weighted by Crippen LogP contribution is 2.33. The summed E-state index contributed by atoms with van der Waals surface area (Å²) >= 11 is 0. The fourth-order valence-electron chi connectivity index (χ4n) is 2.01. The van der Waals surface area contributed by atoms with Crippen molar-refractivity contribution < 1.29 is 27.5 Å². The first kappa shape index (κ1) is 18.9. The number of Topliss-reactive ketones (excluding diaryl/α,β-unsaturated/α-hetero) is 1. The molecule has 1 aromatic carbocycles. The number of hydrogen-bond donors (Lipinski definition) is 0. The third kappa shape index (κ3) is 5.23. The molecular weight excluding hydrogens is 309 g/mol. The van der Waals surface area contributed by atoms with Gasteiger partial charge in [-0.2, -0.15) is 13.2 Å². The second kappa shape index (κ2) is 7.94. The Labute approximate surface area is 133 Å². The summed E-state index contributed by atoms with van der Waals surface area (Å²) in [5.41, 5.74) is -1.55. The summed E-state index contributed by atoms with van der Waals surface area (Å²) in [5, 5.41) is 0. The highest BCUT2D eigenvalue weighted by molar-refractivity contribution is 6.19. The van der Waals surface area contributed by atoms with E-state index < -0.39 is 29.1 Å². The molecule has 0 saturated heterocycles. The van der Waals surface area contributed by atoms with Crippen molar-refractivity contribution in [2.24, 2.45) is 0 Å². The Bertz CT molecular complexity index is 599. The number of benzene rings is 1. The van der Waals surface area contributed by atoms with Gasteiger partial charge in [0.05, 0.1) is 5.56 Å². The second-order valence-electron chi connectivity index (χ2n) is 5.04. The number of ketones is 1. The number of hydrogen-bond acceptors (Lipinski definition) is 3. The molecule has 3 nitrogen and oxygen atoms in total. The van der Waals surface area contributed by atoms with Gasteiger partial charge in [-0.1, -0.05) is 32.0 Å². The Morgan fingerprint density at radius 1 is 1.17 bits per heavy atom. The number of esters is 1. The quantitative estimate of drug-likeness (QED) is 0.336. The third-order valence-corrected chi connectivity index (χ3v) is 3.35. The van der Waals surface area contributed by atoms with Crippen molar-refractivity contribution in [2.45, 2.75) is 45.9 Å². The average molecular weight is 328 g/mol. The molecule has 0 aliphatic carbocycles. The minimum Gasteiger partial charge on any atom is -0.459 e. The molecule has 0 unspecified atom stereocenters. The predicted molar refractivity (Wildman–Crippen MR) is 80.6 cm³/mol. The van der Waals surface area contributed by atoms with Crippen LogP contribution in [0, 0.1) is 0 Å². The second-order valence-corrected chi connectivity index (χ2v) is 5.04. The molecule has 0 amide bonds. The number of carbonyl (C=O) groups is 2. The number of rotatable bonds is 6. The summed E-state index contributed by atoms with van der Waals surface area (Å²) in [6.45, 7) is 4.76. The van der Waals surface area contributed by atoms with Gasteiger partial charge in [0, 0.05) is 0 Å². The summed E-state index contributed by atoms with van der Waals surface area (Å²) < 4.78 is 44.1. The van der Waals surface area contributed by atoms with Gasteiger partial charge in [0.2, 0.25) is 0 Å². The van der Waals surface area contributed by atoms with Crippen LogP contribution in [0.3, 0.4) is 0 Å². The van der Waals surface area contributed by atoms with E-state index in [0.717, 1.165) is 19.1 Å². The van der Waals surface area contributed by atoms with E-state index in [-0.39, 0.29) is 11.7 Å². The smallest absolute Gasteiger partial charge is 0.416 e. The summed E-state index contributed by atoms with van der Waals surface area (Å²) in [5.74, 6) is -1.54. The van der Waals surface area contributed by atoms with Crippen molar-refractivity contribution in [3.05, 3.63) is 41.0 Å². The van der Waals surface area contributed by atoms with Gasteiger partial charge in [-0.25, -0.2) is 4.79 Å². The Kier molecular flexibility index (Phi) is 6.54. The maximum absolute atomic E-state index is 13.0. The molecule has 126 valence electrons. The lowest BCUT2D eigenvalue weighted by atomic mass is 10.0. The summed E-state index contributed by atoms with van der Waals surface area (Å²) in [4.78, 5) is 23.7. The van der Waals surface area contributed by atoms with Crippen molar-refractivity contribution in [3.63, 3.8) is 0 Å². The van der Waals surface area contributed by atoms with Crippen LogP contribution >= 0.6 is 0 Å². The summed E-state index contributed by atoms with van der Waals surface area (Å²) in [7, 11) is 0. The van der Waals surface area contributed by atoms with Crippen LogP contribution in [0.1, 0.15) is 44.7 Å². The van der Waals surface area contributed by atoms with Crippen LogP contribution < -0.4 is 0 Å². The van der Waals surface area contributed by atoms with Gasteiger partial charge >= 0.3 is 12.1 Å². The molecule has 0 atom stereocenters. The molecule has 0 spiro atoms. The molecule has 0 fully saturated rings. The van der Waals surface area contributed by atoms with E-state index in [1.54, 1.807) is 0 Å². The molecule has 0 heterocycles. The van der Waals surface area contributed by atoms with Gasteiger partial charge in [0.1, 0.15) is 11.7 Å². The van der Waals surface area contributed by atoms with E-state index in [9.17, 15) is 22.8 Å². The first-order valence-corrected chi connectivity index (χ1v) is 7.30. The Balaban J connectivity index is 3.24. The number of ether oxygens (including phenoxy) is 1. The van der Waals surface area contributed by atoms with Crippen LogP contribution in [0.5, 0.6) is 0 Å². The van der Waals surface area contributed by atoms with Crippen molar-refractivity contribution in [1.29, 1.82) is 0 Å². The lowest BCUT2D eigenvalue weighted by Crippen LogP contribution is -2.21. The maximum atomic E-state index is 13.0. The molecule has 6 heteroatoms. The molecule has 0 aliphatic rings. The van der Waals surface area contributed by atoms with Crippen LogP contribution in [0.15, 0.2) is 29.8 Å². The average Bonchev–Trinajstić information content (AvgIpc) is 2.49. The Morgan fingerprint density at radius 2 is 1.74 bits per heavy atom. The molecule has 0 saturated carbocycles. The largest absolute Gasteiger partial charge is 0.459 e. The molecule has 0 aliphatic heterocycles. The van der Waals surface area contributed by atoms with Gasteiger partial charge in [-0.3, -0.25) is 4.79 Å². The van der Waals surface area contributed by atoms with E-state index in [1.165, 1.54) is 18.2 Å². The molecule has 0 radical (unpaired) electrons. The minimum atomic E-state index is -4.58. The number of carbonyl (C=O) groups excluding carboxylic acids is 2. The van der Waals surface area contributed by atoms with Crippen molar-refractivity contribution in [3.8, 4) is 0 Å². The van der Waals surface area contributed by atoms with E-state index in [0.29, 0.717) is 12.8 Å². The number of alkyl halides is 3. The number of halogens is 3. The maximum Gasteiger partial charge on any atom is 0.416 e. The fourth-order valence-corrected chi connectivity index (χ4v) is 2.01. The van der Waals surface area contributed by atoms with E-state index >= 15 is 0 Å². The zero-order valence-electron chi connectivity index (χ0n) is 13.2. The lowest BCUT2D eigenvalue weighted by Gasteiger charge is -2.15. The third-order valence-electron chi connectivity index (χ3n) is 3.35. The SMILES string of the molecule is CCC(CC)OC(=O)C(=Cc1ccccc1C(F)(F)F)C(C)=O. The summed E-state index contributed by atoms with van der Waals surface area (Å²) in [6.07, 6.45) is -2.88. The first-order chi connectivity index (χ1) is 10.7. The molecule has 23 heavy (non-hydrogen) atoms. The van der Waals surface area contributed by atoms with Gasteiger partial charge < -0.3 is 4.74 Å². The van der Waals surface area contributed by atoms with Gasteiger partial charge in [-0.05, 0) is 37.5 Å². The normalized spacial score (nSPS) is 12.4. The van der Waals surface area contributed by atoms with Gasteiger partial charge in [0.15, 0.2) is 5.78 Å². The Hall–Kier alpha value is -2.11. The summed E-state index contributed by atoms with van der Waals surface area (Å²) in [6, 6.07) is 4.76. The van der Waals surface area contributed by atoms with Crippen LogP contribution in [-0.2, 0) is 20.5 Å². The zero-order chi connectivity index (χ0) is 17.6. The van der Waals surface area contributed by atoms with E-state index in [2.05, 4.69) is 0 Å². The van der Waals surface area contributed by atoms with E-state index in [4.69, 9.17) is 4.74 Å². The van der Waals surface area contributed by atoms with E-state index in [1.807, 2.05) is 13.8 Å². The minimum absolute atomic E-state index is 0.244. The molecule has 0 N–H and O–H groups in total. The first-order valence-electron chi connectivity index (χ1n) is 7.30. The van der Waals surface area contributed by atoms with Crippen LogP contribution in [0.2, 0.25) is 0 Å². The van der Waals surface area contributed by atoms with Crippen molar-refractivity contribution in [2.75, 3.05) is 0 Å². The van der Waals surface area contributed by atoms with Crippen LogP contribution in [0.25, 0.3) is 6.08 Å². The molecule has 0 bridgehead atoms. The highest BCUT2D eigenvalue weighted by atomic mass is 19.4. The Morgan fingerprint density at radius 3 is 2.22 bits per heavy atom. The van der Waals surface area contributed by atoms with Crippen LogP contribution in [0.4, 0.5) is 13.2 Å². The zero-order valence-corrected chi connectivity index (χ0v) is 13.2. The fraction of sp³-hybridized carbons (Fsp3) is 0.412. The topological polar surface area (TPSA) is 43.4 Å². The predicted octanol–water partition coefficient (Wildman–Crippen LogP) is 4.41. The van der Waals surface area contributed by atoms with Gasteiger partial charge in [0.25, 0.3) is 0 Å². The molecular formula is C17H19F3O3. The lowest BCUT2D eigenvalue weighted by molar-refractivity contribution is -0.145. The van der Waals surface area contributed by atoms with Crippen molar-refractivity contribution in [1.82, 2.24) is 0 Å². The van der Waals surface area contributed by atoms with Crippen LogP contribution in [-0.4, -0.2) is 17.9 Å². The molecule has 0 aromatic heterocycles. The molecule has 1 aromatic rings. The van der Waals surface area contributed by atoms with Gasteiger partial charge in [-0.15, -0.1) is 0 Å². The monoisotopic (exact) mass is 328 g/mol. The highest BCUT2D eigenvalue weighted by Gasteiger charge is 2.33. The van der Waals surface area contributed by atoms with Crippen molar-refractivity contribution >= 4 is 17.8 Å².